The van der Waals surface area contributed by atoms with Gasteiger partial charge >= 0.3 is 11.9 Å². The van der Waals surface area contributed by atoms with E-state index >= 15 is 0 Å². The van der Waals surface area contributed by atoms with E-state index in [9.17, 15) is 36.7 Å². The van der Waals surface area contributed by atoms with Gasteiger partial charge in [0.25, 0.3) is 23.7 Å². The highest BCUT2D eigenvalue weighted by atomic mass is 19.3. The molecule has 0 radical (unpaired) electrons. The molecule has 0 bridgehead atoms. The van der Waals surface area contributed by atoms with Crippen molar-refractivity contribution in [2.24, 2.45) is 5.92 Å². The molecular formula is C83H86F4N4O6. The van der Waals surface area contributed by atoms with Crippen LogP contribution in [0.2, 0.25) is 0 Å². The van der Waals surface area contributed by atoms with Crippen molar-refractivity contribution in [3.05, 3.63) is 287 Å². The molecule has 2 aliphatic heterocycles. The number of carbonyl (C=O) groups excluding carboxylic acids is 4. The first-order valence-corrected chi connectivity index (χ1v) is 33.8. The molecule has 11 rings (SSSR count). The highest BCUT2D eigenvalue weighted by Gasteiger charge is 2.35. The molecule has 9 aromatic rings. The summed E-state index contributed by atoms with van der Waals surface area (Å²) in [4.78, 5) is 57.9. The maximum Gasteiger partial charge on any atom is 0.328 e. The van der Waals surface area contributed by atoms with Crippen molar-refractivity contribution >= 4 is 35.1 Å². The van der Waals surface area contributed by atoms with E-state index in [1.165, 1.54) is 41.0 Å². The maximum atomic E-state index is 13.7. The third-order valence-electron chi connectivity index (χ3n) is 18.4. The Kier molecular flexibility index (Phi) is 24.2. The molecule has 0 spiro atoms. The van der Waals surface area contributed by atoms with E-state index in [2.05, 4.69) is 70.7 Å². The van der Waals surface area contributed by atoms with Gasteiger partial charge in [-0.25, -0.2) is 27.2 Å². The highest BCUT2D eigenvalue weighted by Crippen LogP contribution is 2.38. The van der Waals surface area contributed by atoms with Crippen LogP contribution in [0.1, 0.15) is 156 Å². The van der Waals surface area contributed by atoms with Gasteiger partial charge in [-0.05, 0) is 182 Å². The Morgan fingerprint density at radius 2 is 0.804 bits per heavy atom. The van der Waals surface area contributed by atoms with Crippen LogP contribution in [0.3, 0.4) is 0 Å². The number of hydrogen-bond donors (Lipinski definition) is 2. The second-order valence-corrected chi connectivity index (χ2v) is 25.9. The molecule has 2 atom stereocenters. The molecule has 2 fully saturated rings. The molecule has 2 heterocycles. The molecule has 97 heavy (non-hydrogen) atoms. The Labute approximate surface area is 568 Å². The molecule has 2 unspecified atom stereocenters. The molecule has 2 saturated heterocycles. The minimum absolute atomic E-state index is 0.0698. The minimum Gasteiger partial charge on any atom is -0.464 e. The largest absolute Gasteiger partial charge is 0.464 e. The highest BCUT2D eigenvalue weighted by molar-refractivity contribution is 6.09. The summed E-state index contributed by atoms with van der Waals surface area (Å²) in [5.74, 6) is -5.64. The lowest BCUT2D eigenvalue weighted by molar-refractivity contribution is -0.152. The SMILES string of the molecule is CC(C)CCOC(=O)C(c1ccccc1)N1CCC(c2ccc(NC(=O)c3ccccc3-c3ccc(C(C)(F)F)cc3)cc2)CC1.CC(F)(F)c1ccc(-c2ccccc2C(=O)Nc2ccc(C3CCN(C(C(=O)OCCCCc4ccccc4)c4ccccc4)CC3)cc2)cc1. The summed E-state index contributed by atoms with van der Waals surface area (Å²) in [6.45, 7) is 9.89. The average molecular weight is 1310 g/mol. The Morgan fingerprint density at radius 1 is 0.443 bits per heavy atom. The lowest BCUT2D eigenvalue weighted by Gasteiger charge is -2.36. The van der Waals surface area contributed by atoms with E-state index in [4.69, 9.17) is 9.47 Å². The zero-order valence-electron chi connectivity index (χ0n) is 55.7. The molecular weight excluding hydrogens is 1220 g/mol. The van der Waals surface area contributed by atoms with Gasteiger partial charge in [0.05, 0.1) is 13.2 Å². The van der Waals surface area contributed by atoms with E-state index in [1.807, 2.05) is 127 Å². The van der Waals surface area contributed by atoms with Crippen LogP contribution in [-0.2, 0) is 37.3 Å². The minimum atomic E-state index is -2.93. The van der Waals surface area contributed by atoms with Crippen LogP contribution in [0, 0.1) is 5.92 Å². The monoisotopic (exact) mass is 1310 g/mol. The first-order valence-electron chi connectivity index (χ1n) is 33.8. The van der Waals surface area contributed by atoms with Crippen molar-refractivity contribution in [2.45, 2.75) is 115 Å². The first kappa shape index (κ1) is 70.3. The van der Waals surface area contributed by atoms with Gasteiger partial charge in [-0.2, -0.15) is 0 Å². The lowest BCUT2D eigenvalue weighted by Crippen LogP contribution is -2.40. The number of likely N-dealkylation sites (tertiary alicyclic amines) is 2. The van der Waals surface area contributed by atoms with E-state index in [-0.39, 0.29) is 34.9 Å². The number of aryl methyl sites for hydroxylation is 1. The molecule has 0 saturated carbocycles. The molecule has 2 aliphatic rings. The van der Waals surface area contributed by atoms with Crippen molar-refractivity contribution < 1.29 is 46.2 Å². The van der Waals surface area contributed by atoms with Gasteiger partial charge in [-0.1, -0.05) is 214 Å². The summed E-state index contributed by atoms with van der Waals surface area (Å²) >= 11 is 0. The molecule has 2 N–H and O–H groups in total. The topological polar surface area (TPSA) is 117 Å². The van der Waals surface area contributed by atoms with Gasteiger partial charge in [0, 0.05) is 47.5 Å². The maximum absolute atomic E-state index is 13.7. The summed E-state index contributed by atoms with van der Waals surface area (Å²) in [5.41, 5.74) is 10.5. The van der Waals surface area contributed by atoms with E-state index in [1.54, 1.807) is 48.5 Å². The smallest absolute Gasteiger partial charge is 0.328 e. The van der Waals surface area contributed by atoms with E-state index in [0.717, 1.165) is 103 Å². The lowest BCUT2D eigenvalue weighted by atomic mass is 9.88. The number of benzene rings is 9. The molecule has 2 amide bonds. The van der Waals surface area contributed by atoms with Crippen LogP contribution in [-0.4, -0.2) is 72.9 Å². The number of amides is 2. The predicted octanol–water partition coefficient (Wildman–Crippen LogP) is 19.4. The number of rotatable bonds is 24. The summed E-state index contributed by atoms with van der Waals surface area (Å²) in [7, 11) is 0. The van der Waals surface area contributed by atoms with Crippen LogP contribution in [0.15, 0.2) is 237 Å². The van der Waals surface area contributed by atoms with E-state index < -0.39 is 23.9 Å². The number of unbranched alkanes of at least 4 members (excludes halogenated alkanes) is 1. The Morgan fingerprint density at radius 3 is 1.19 bits per heavy atom. The second-order valence-electron chi connectivity index (χ2n) is 25.9. The van der Waals surface area contributed by atoms with Gasteiger partial charge in [0.2, 0.25) is 0 Å². The fourth-order valence-corrected chi connectivity index (χ4v) is 12.9. The van der Waals surface area contributed by atoms with Gasteiger partial charge in [0.1, 0.15) is 12.1 Å². The summed E-state index contributed by atoms with van der Waals surface area (Å²) < 4.78 is 66.5. The second kappa shape index (κ2) is 33.4. The molecule has 14 heteroatoms. The van der Waals surface area contributed by atoms with Crippen LogP contribution in [0.5, 0.6) is 0 Å². The summed E-state index contributed by atoms with van der Waals surface area (Å²) in [6, 6.07) is 71.6. The van der Waals surface area contributed by atoms with Gasteiger partial charge in [-0.15, -0.1) is 0 Å². The molecule has 9 aromatic carbocycles. The van der Waals surface area contributed by atoms with Crippen LogP contribution in [0.25, 0.3) is 22.3 Å². The number of nitrogens with zero attached hydrogens (tertiary/aromatic N) is 2. The average Bonchev–Trinajstić information content (AvgIpc) is 0.853. The number of halogens is 4. The van der Waals surface area contributed by atoms with Crippen molar-refractivity contribution in [3.8, 4) is 22.3 Å². The number of anilines is 2. The Hall–Kier alpha value is -9.50. The Balaban J connectivity index is 0.000000212. The van der Waals surface area contributed by atoms with Gasteiger partial charge in [-0.3, -0.25) is 19.4 Å². The van der Waals surface area contributed by atoms with E-state index in [0.29, 0.717) is 75.7 Å². The summed E-state index contributed by atoms with van der Waals surface area (Å²) in [6.07, 6.45) is 7.21. The number of nitrogens with one attached hydrogen (secondary N) is 2. The van der Waals surface area contributed by atoms with Crippen LogP contribution in [0.4, 0.5) is 28.9 Å². The predicted molar refractivity (Wildman–Crippen MR) is 378 cm³/mol. The first-order chi connectivity index (χ1) is 46.9. The Bertz CT molecular complexity index is 3980. The molecule has 0 aliphatic carbocycles. The zero-order chi connectivity index (χ0) is 68.3. The number of hydrogen-bond acceptors (Lipinski definition) is 8. The fourth-order valence-electron chi connectivity index (χ4n) is 12.9. The van der Waals surface area contributed by atoms with Crippen molar-refractivity contribution in [3.63, 3.8) is 0 Å². The third kappa shape index (κ3) is 19.4. The standard InChI is InChI=1S/C44H44F2N2O3.C39H42F2N2O3/c1-44(45,46)37-23-19-35(20-24-37)39-17-8-9-18-40(39)42(49)47-38-25-21-33(22-26-38)34-27-29-48(30-28-34)41(36-15-6-3-7-16-36)43(50)51-31-11-10-14-32-12-4-2-5-13-32;1-27(2)23-26-46-38(45)36(31-9-5-4-6-10-31)43-24-21-29(22-25-43)28-15-19-33(20-16-28)42-37(44)35-12-8-7-11-34(35)30-13-17-32(18-14-30)39(3,40)41/h2-9,12-13,15-26,34,41H,10-11,14,27-31H2,1H3,(H,47,49);4-20,27,29,36H,21-26H2,1-3H3,(H,42,44). The fraction of sp³-hybridized carbons (Fsp3) is 0.301. The quantitative estimate of drug-likeness (QED) is 0.0349. The molecule has 0 aromatic heterocycles. The molecule has 10 nitrogen and oxygen atoms in total. The van der Waals surface area contributed by atoms with Crippen molar-refractivity contribution in [1.29, 1.82) is 0 Å². The van der Waals surface area contributed by atoms with Gasteiger partial charge in [0.15, 0.2) is 0 Å². The van der Waals surface area contributed by atoms with Crippen molar-refractivity contribution in [2.75, 3.05) is 50.0 Å². The van der Waals surface area contributed by atoms with Crippen LogP contribution >= 0.6 is 0 Å². The summed E-state index contributed by atoms with van der Waals surface area (Å²) in [5, 5.41) is 5.99. The van der Waals surface area contributed by atoms with Crippen LogP contribution < -0.4 is 10.6 Å². The number of esters is 2. The number of piperidine rings is 2. The number of ether oxygens (including phenoxy) is 2. The number of carbonyl (C=O) groups is 4. The van der Waals surface area contributed by atoms with Gasteiger partial charge < -0.3 is 20.1 Å². The zero-order valence-corrected chi connectivity index (χ0v) is 55.7. The normalized spacial score (nSPS) is 14.7. The molecule has 502 valence electrons. The number of alkyl halides is 4. The van der Waals surface area contributed by atoms with Crippen molar-refractivity contribution in [1.82, 2.24) is 9.80 Å². The third-order valence-corrected chi connectivity index (χ3v) is 18.4.